The number of hydrogen-bond acceptors (Lipinski definition) is 3. The molecule has 6 nitrogen and oxygen atoms in total. The average molecular weight is 292 g/mol. The molecule has 2 amide bonds. The molecule has 0 aromatic heterocycles. The van der Waals surface area contributed by atoms with Gasteiger partial charge in [-0.25, -0.2) is 4.79 Å². The summed E-state index contributed by atoms with van der Waals surface area (Å²) in [6.45, 7) is 2.79. The van der Waals surface area contributed by atoms with Gasteiger partial charge in [-0.15, -0.1) is 0 Å². The van der Waals surface area contributed by atoms with Gasteiger partial charge in [-0.05, 0) is 31.0 Å². The van der Waals surface area contributed by atoms with Crippen LogP contribution < -0.4 is 10.1 Å². The molecule has 1 heterocycles. The first-order chi connectivity index (χ1) is 9.94. The number of aliphatic carboxylic acids is 1. The van der Waals surface area contributed by atoms with Crippen LogP contribution in [0.2, 0.25) is 0 Å². The number of carbonyl (C=O) groups is 2. The number of urea groups is 1. The van der Waals surface area contributed by atoms with Crippen molar-refractivity contribution >= 4 is 12.0 Å². The highest BCUT2D eigenvalue weighted by Crippen LogP contribution is 2.29. The van der Waals surface area contributed by atoms with E-state index in [-0.39, 0.29) is 12.6 Å². The summed E-state index contributed by atoms with van der Waals surface area (Å²) in [7, 11) is 1.60. The number of benzene rings is 1. The van der Waals surface area contributed by atoms with Crippen LogP contribution in [0.25, 0.3) is 0 Å². The molecule has 2 rings (SSSR count). The number of carbonyl (C=O) groups excluding carboxylic acids is 1. The maximum atomic E-state index is 12.0. The molecule has 114 valence electrons. The van der Waals surface area contributed by atoms with Gasteiger partial charge < -0.3 is 20.1 Å². The summed E-state index contributed by atoms with van der Waals surface area (Å²) in [5, 5.41) is 12.0. The van der Waals surface area contributed by atoms with Crippen LogP contribution in [0.3, 0.4) is 0 Å². The number of nitrogens with zero attached hydrogens (tertiary/aromatic N) is 1. The molecule has 1 aromatic rings. The van der Waals surface area contributed by atoms with Crippen LogP contribution in [0.5, 0.6) is 5.75 Å². The Bertz CT molecular complexity index is 529. The third kappa shape index (κ3) is 3.45. The van der Waals surface area contributed by atoms with E-state index < -0.39 is 11.4 Å². The van der Waals surface area contributed by atoms with Crippen molar-refractivity contribution in [2.45, 2.75) is 19.9 Å². The Morgan fingerprint density at radius 1 is 1.38 bits per heavy atom. The van der Waals surface area contributed by atoms with Gasteiger partial charge in [0.15, 0.2) is 0 Å². The van der Waals surface area contributed by atoms with E-state index in [1.54, 1.807) is 18.9 Å². The van der Waals surface area contributed by atoms with Gasteiger partial charge in [-0.2, -0.15) is 0 Å². The Hall–Kier alpha value is -2.24. The molecule has 21 heavy (non-hydrogen) atoms. The van der Waals surface area contributed by atoms with Crippen LogP contribution in [-0.2, 0) is 11.3 Å². The van der Waals surface area contributed by atoms with E-state index in [2.05, 4.69) is 5.32 Å². The van der Waals surface area contributed by atoms with Crippen LogP contribution in [0.4, 0.5) is 4.79 Å². The molecular formula is C15H20N2O4. The quantitative estimate of drug-likeness (QED) is 0.885. The summed E-state index contributed by atoms with van der Waals surface area (Å²) < 4.78 is 5.07. The molecule has 0 bridgehead atoms. The highest BCUT2D eigenvalue weighted by Gasteiger charge is 2.42. The van der Waals surface area contributed by atoms with Gasteiger partial charge >= 0.3 is 12.0 Å². The standard InChI is InChI=1S/C15H20N2O4/c1-15(13(18)19)7-8-17(10-15)14(20)16-9-11-3-5-12(21-2)6-4-11/h3-6H,7-10H2,1-2H3,(H,16,20)(H,18,19). The number of hydrogen-bond donors (Lipinski definition) is 2. The van der Waals surface area contributed by atoms with Gasteiger partial charge in [0.1, 0.15) is 5.75 Å². The number of nitrogens with one attached hydrogen (secondary N) is 1. The van der Waals surface area contributed by atoms with Gasteiger partial charge in [0, 0.05) is 19.6 Å². The van der Waals surface area contributed by atoms with Crippen molar-refractivity contribution in [3.63, 3.8) is 0 Å². The minimum Gasteiger partial charge on any atom is -0.497 e. The Labute approximate surface area is 123 Å². The summed E-state index contributed by atoms with van der Waals surface area (Å²) in [4.78, 5) is 24.8. The zero-order chi connectivity index (χ0) is 15.5. The van der Waals surface area contributed by atoms with Crippen LogP contribution >= 0.6 is 0 Å². The van der Waals surface area contributed by atoms with Crippen molar-refractivity contribution in [3.8, 4) is 5.75 Å². The Morgan fingerprint density at radius 2 is 2.05 bits per heavy atom. The van der Waals surface area contributed by atoms with Crippen molar-refractivity contribution in [3.05, 3.63) is 29.8 Å². The van der Waals surface area contributed by atoms with E-state index in [4.69, 9.17) is 9.84 Å². The maximum Gasteiger partial charge on any atom is 0.317 e. The van der Waals surface area contributed by atoms with Crippen LogP contribution in [0, 0.1) is 5.41 Å². The molecule has 1 atom stereocenters. The highest BCUT2D eigenvalue weighted by molar-refractivity contribution is 5.79. The van der Waals surface area contributed by atoms with Gasteiger partial charge in [0.2, 0.25) is 0 Å². The molecule has 0 aliphatic carbocycles. The number of rotatable bonds is 4. The van der Waals surface area contributed by atoms with Gasteiger partial charge in [0.05, 0.1) is 12.5 Å². The molecule has 1 aliphatic heterocycles. The van der Waals surface area contributed by atoms with E-state index in [0.717, 1.165) is 11.3 Å². The van der Waals surface area contributed by atoms with E-state index >= 15 is 0 Å². The fraction of sp³-hybridized carbons (Fsp3) is 0.467. The lowest BCUT2D eigenvalue weighted by atomic mass is 9.90. The monoisotopic (exact) mass is 292 g/mol. The van der Waals surface area contributed by atoms with Crippen LogP contribution in [-0.4, -0.2) is 42.2 Å². The Balaban J connectivity index is 1.86. The third-order valence-electron chi connectivity index (χ3n) is 3.88. The Morgan fingerprint density at radius 3 is 2.57 bits per heavy atom. The third-order valence-corrected chi connectivity index (χ3v) is 3.88. The number of methoxy groups -OCH3 is 1. The first kappa shape index (κ1) is 15.2. The fourth-order valence-electron chi connectivity index (χ4n) is 2.34. The average Bonchev–Trinajstić information content (AvgIpc) is 2.89. The number of carboxylic acids is 1. The molecule has 1 saturated heterocycles. The summed E-state index contributed by atoms with van der Waals surface area (Å²) in [6, 6.07) is 7.20. The first-order valence-corrected chi connectivity index (χ1v) is 6.84. The molecule has 1 fully saturated rings. The largest absolute Gasteiger partial charge is 0.497 e. The van der Waals surface area contributed by atoms with Crippen LogP contribution in [0.1, 0.15) is 18.9 Å². The molecule has 1 aromatic carbocycles. The van der Waals surface area contributed by atoms with Crippen molar-refractivity contribution in [1.82, 2.24) is 10.2 Å². The SMILES string of the molecule is COc1ccc(CNC(=O)N2CCC(C)(C(=O)O)C2)cc1. The van der Waals surface area contributed by atoms with Gasteiger partial charge in [0.25, 0.3) is 0 Å². The molecule has 6 heteroatoms. The van der Waals surface area contributed by atoms with E-state index in [1.807, 2.05) is 24.3 Å². The molecule has 0 saturated carbocycles. The maximum absolute atomic E-state index is 12.0. The molecule has 0 spiro atoms. The van der Waals surface area contributed by atoms with Crippen molar-refractivity contribution < 1.29 is 19.4 Å². The highest BCUT2D eigenvalue weighted by atomic mass is 16.5. The van der Waals surface area contributed by atoms with E-state index in [0.29, 0.717) is 19.5 Å². The van der Waals surface area contributed by atoms with Gasteiger partial charge in [-0.1, -0.05) is 12.1 Å². The van der Waals surface area contributed by atoms with Crippen molar-refractivity contribution in [2.24, 2.45) is 5.41 Å². The van der Waals surface area contributed by atoms with E-state index in [9.17, 15) is 9.59 Å². The number of carboxylic acid groups (broad SMARTS) is 1. The summed E-state index contributed by atoms with van der Waals surface area (Å²) >= 11 is 0. The minimum atomic E-state index is -0.854. The molecule has 1 aliphatic rings. The Kier molecular flexibility index (Phi) is 4.35. The lowest BCUT2D eigenvalue weighted by molar-refractivity contribution is -0.146. The molecule has 2 N–H and O–H groups in total. The number of ether oxygens (including phenoxy) is 1. The summed E-state index contributed by atoms with van der Waals surface area (Å²) in [5.74, 6) is -0.0881. The van der Waals surface area contributed by atoms with Crippen molar-refractivity contribution in [1.29, 1.82) is 0 Å². The molecule has 0 radical (unpaired) electrons. The zero-order valence-corrected chi connectivity index (χ0v) is 12.3. The topological polar surface area (TPSA) is 78.9 Å². The molecular weight excluding hydrogens is 272 g/mol. The lowest BCUT2D eigenvalue weighted by Crippen LogP contribution is -2.40. The number of likely N-dealkylation sites (tertiary alicyclic amines) is 1. The van der Waals surface area contributed by atoms with Gasteiger partial charge in [-0.3, -0.25) is 4.79 Å². The fourth-order valence-corrected chi connectivity index (χ4v) is 2.34. The second kappa shape index (κ2) is 6.03. The normalized spacial score (nSPS) is 21.1. The first-order valence-electron chi connectivity index (χ1n) is 6.84. The predicted octanol–water partition coefficient (Wildman–Crippen LogP) is 1.70. The molecule has 1 unspecified atom stereocenters. The minimum absolute atomic E-state index is 0.226. The van der Waals surface area contributed by atoms with Crippen molar-refractivity contribution in [2.75, 3.05) is 20.2 Å². The second-order valence-electron chi connectivity index (χ2n) is 5.54. The second-order valence-corrected chi connectivity index (χ2v) is 5.54. The van der Waals surface area contributed by atoms with E-state index in [1.165, 1.54) is 0 Å². The van der Waals surface area contributed by atoms with Crippen LogP contribution in [0.15, 0.2) is 24.3 Å². The lowest BCUT2D eigenvalue weighted by Gasteiger charge is -2.20. The smallest absolute Gasteiger partial charge is 0.317 e. The zero-order valence-electron chi connectivity index (χ0n) is 12.3. The summed E-state index contributed by atoms with van der Waals surface area (Å²) in [5.41, 5.74) is 0.126. The summed E-state index contributed by atoms with van der Waals surface area (Å²) in [6.07, 6.45) is 0.484. The predicted molar refractivity (Wildman–Crippen MR) is 77.2 cm³/mol. The number of amides is 2.